The molecular formula is C11H15IO4. The lowest BCUT2D eigenvalue weighted by Crippen LogP contribution is -2.25. The van der Waals surface area contributed by atoms with Gasteiger partial charge in [-0.15, -0.1) is 0 Å². The van der Waals surface area contributed by atoms with Crippen molar-refractivity contribution in [3.05, 3.63) is 21.7 Å². The Kier molecular flexibility index (Phi) is 4.37. The van der Waals surface area contributed by atoms with E-state index < -0.39 is 11.5 Å². The number of rotatable bonds is 3. The number of furan rings is 1. The molecular weight excluding hydrogens is 323 g/mol. The minimum absolute atomic E-state index is 0.0837. The van der Waals surface area contributed by atoms with Gasteiger partial charge in [-0.25, -0.2) is 0 Å². The van der Waals surface area contributed by atoms with Crippen molar-refractivity contribution < 1.29 is 19.1 Å². The first-order chi connectivity index (χ1) is 7.32. The van der Waals surface area contributed by atoms with Gasteiger partial charge in [0.2, 0.25) is 0 Å². The van der Waals surface area contributed by atoms with Crippen LogP contribution in [0.5, 0.6) is 0 Å². The minimum Gasteiger partial charge on any atom is -0.465 e. The summed E-state index contributed by atoms with van der Waals surface area (Å²) >= 11 is 2.05. The van der Waals surface area contributed by atoms with Crippen LogP contribution in [-0.2, 0) is 9.53 Å². The van der Waals surface area contributed by atoms with Gasteiger partial charge in [0.25, 0.3) is 0 Å². The Bertz CT molecular complexity index is 364. The Balaban J connectivity index is 2.51. The summed E-state index contributed by atoms with van der Waals surface area (Å²) in [4.78, 5) is 11.5. The van der Waals surface area contributed by atoms with Gasteiger partial charge < -0.3 is 14.3 Å². The first-order valence-corrected chi connectivity index (χ1v) is 5.98. The largest absolute Gasteiger partial charge is 0.465 e. The second-order valence-electron chi connectivity index (χ2n) is 4.50. The number of hydrogen-bond acceptors (Lipinski definition) is 4. The summed E-state index contributed by atoms with van der Waals surface area (Å²) in [5.74, 6) is 0.0930. The molecule has 0 aliphatic heterocycles. The molecule has 4 nitrogen and oxygen atoms in total. The zero-order valence-electron chi connectivity index (χ0n) is 9.49. The van der Waals surface area contributed by atoms with E-state index in [4.69, 9.17) is 9.15 Å². The topological polar surface area (TPSA) is 59.7 Å². The Hall–Kier alpha value is -0.560. The van der Waals surface area contributed by atoms with Crippen LogP contribution < -0.4 is 0 Å². The molecule has 1 atom stereocenters. The SMILES string of the molecule is CC(C)(C)C(=O)OC[C@@H](O)c1occc1I. The number of halogens is 1. The van der Waals surface area contributed by atoms with Crippen LogP contribution in [0, 0.1) is 8.99 Å². The second kappa shape index (κ2) is 5.18. The summed E-state index contributed by atoms with van der Waals surface area (Å²) in [5, 5.41) is 9.73. The molecule has 0 bridgehead atoms. The van der Waals surface area contributed by atoms with E-state index in [-0.39, 0.29) is 12.6 Å². The normalized spacial score (nSPS) is 13.6. The highest BCUT2D eigenvalue weighted by atomic mass is 127. The summed E-state index contributed by atoms with van der Waals surface area (Å²) in [5.41, 5.74) is -0.559. The van der Waals surface area contributed by atoms with Crippen molar-refractivity contribution in [1.82, 2.24) is 0 Å². The van der Waals surface area contributed by atoms with Gasteiger partial charge in [-0.1, -0.05) is 0 Å². The van der Waals surface area contributed by atoms with Crippen molar-refractivity contribution in [2.75, 3.05) is 6.61 Å². The van der Waals surface area contributed by atoms with Crippen LogP contribution in [0.3, 0.4) is 0 Å². The van der Waals surface area contributed by atoms with Gasteiger partial charge in [-0.3, -0.25) is 4.79 Å². The fraction of sp³-hybridized carbons (Fsp3) is 0.545. The zero-order valence-corrected chi connectivity index (χ0v) is 11.6. The number of carbonyl (C=O) groups excluding carboxylic acids is 1. The van der Waals surface area contributed by atoms with Gasteiger partial charge in [-0.2, -0.15) is 0 Å². The number of esters is 1. The Morgan fingerprint density at radius 2 is 2.25 bits per heavy atom. The fourth-order valence-electron chi connectivity index (χ4n) is 0.990. The van der Waals surface area contributed by atoms with E-state index in [1.165, 1.54) is 6.26 Å². The van der Waals surface area contributed by atoms with E-state index in [9.17, 15) is 9.90 Å². The molecule has 0 aliphatic carbocycles. The molecule has 0 radical (unpaired) electrons. The van der Waals surface area contributed by atoms with Gasteiger partial charge in [0.15, 0.2) is 0 Å². The van der Waals surface area contributed by atoms with E-state index in [1.54, 1.807) is 26.8 Å². The van der Waals surface area contributed by atoms with Crippen molar-refractivity contribution >= 4 is 28.6 Å². The van der Waals surface area contributed by atoms with E-state index >= 15 is 0 Å². The molecule has 0 unspecified atom stereocenters. The van der Waals surface area contributed by atoms with Crippen LogP contribution >= 0.6 is 22.6 Å². The maximum absolute atomic E-state index is 11.5. The van der Waals surface area contributed by atoms with Crippen molar-refractivity contribution in [1.29, 1.82) is 0 Å². The number of hydrogen-bond donors (Lipinski definition) is 1. The van der Waals surface area contributed by atoms with Gasteiger partial charge in [0.1, 0.15) is 18.5 Å². The predicted octanol–water partition coefficient (Wildman–Crippen LogP) is 2.51. The Morgan fingerprint density at radius 3 is 2.69 bits per heavy atom. The molecule has 0 fully saturated rings. The van der Waals surface area contributed by atoms with Gasteiger partial charge in [0.05, 0.1) is 15.2 Å². The monoisotopic (exact) mass is 338 g/mol. The molecule has 0 aromatic carbocycles. The summed E-state index contributed by atoms with van der Waals surface area (Å²) in [6.45, 7) is 5.20. The molecule has 1 aromatic heterocycles. The molecule has 1 heterocycles. The number of aliphatic hydroxyl groups excluding tert-OH is 1. The molecule has 1 rings (SSSR count). The quantitative estimate of drug-likeness (QED) is 0.680. The molecule has 0 spiro atoms. The molecule has 0 saturated heterocycles. The van der Waals surface area contributed by atoms with Gasteiger partial charge in [-0.05, 0) is 49.4 Å². The highest BCUT2D eigenvalue weighted by molar-refractivity contribution is 14.1. The summed E-state index contributed by atoms with van der Waals surface area (Å²) in [6, 6.07) is 1.74. The molecule has 0 aliphatic rings. The van der Waals surface area contributed by atoms with Crippen molar-refractivity contribution in [3.8, 4) is 0 Å². The maximum Gasteiger partial charge on any atom is 0.311 e. The Morgan fingerprint density at radius 1 is 1.62 bits per heavy atom. The average Bonchev–Trinajstić information content (AvgIpc) is 2.58. The average molecular weight is 338 g/mol. The highest BCUT2D eigenvalue weighted by Crippen LogP contribution is 2.22. The summed E-state index contributed by atoms with van der Waals surface area (Å²) < 4.78 is 10.9. The minimum atomic E-state index is -0.909. The van der Waals surface area contributed by atoms with E-state index in [1.807, 2.05) is 22.6 Å². The smallest absolute Gasteiger partial charge is 0.311 e. The van der Waals surface area contributed by atoms with Crippen molar-refractivity contribution in [2.24, 2.45) is 5.41 Å². The van der Waals surface area contributed by atoms with Crippen LogP contribution in [0.4, 0.5) is 0 Å². The molecule has 16 heavy (non-hydrogen) atoms. The van der Waals surface area contributed by atoms with Gasteiger partial charge >= 0.3 is 5.97 Å². The van der Waals surface area contributed by atoms with Crippen LogP contribution in [0.2, 0.25) is 0 Å². The third kappa shape index (κ3) is 3.48. The van der Waals surface area contributed by atoms with Gasteiger partial charge in [0, 0.05) is 0 Å². The van der Waals surface area contributed by atoms with E-state index in [2.05, 4.69) is 0 Å². The second-order valence-corrected chi connectivity index (χ2v) is 5.66. The summed E-state index contributed by atoms with van der Waals surface area (Å²) in [7, 11) is 0. The number of carbonyl (C=O) groups is 1. The number of ether oxygens (including phenoxy) is 1. The standard InChI is InChI=1S/C11H15IO4/c1-11(2,3)10(14)16-6-8(13)9-7(12)4-5-15-9/h4-5,8,13H,6H2,1-3H3/t8-/m1/s1. The Labute approximate surface area is 108 Å². The lowest BCUT2D eigenvalue weighted by molar-refractivity contribution is -0.156. The van der Waals surface area contributed by atoms with Crippen LogP contribution in [0.1, 0.15) is 32.6 Å². The number of aliphatic hydroxyl groups is 1. The van der Waals surface area contributed by atoms with Crippen molar-refractivity contribution in [2.45, 2.75) is 26.9 Å². The third-order valence-electron chi connectivity index (χ3n) is 1.93. The third-order valence-corrected chi connectivity index (χ3v) is 2.82. The van der Waals surface area contributed by atoms with Crippen LogP contribution in [0.15, 0.2) is 16.7 Å². The summed E-state index contributed by atoms with van der Waals surface area (Å²) in [6.07, 6.45) is 0.583. The van der Waals surface area contributed by atoms with Crippen molar-refractivity contribution in [3.63, 3.8) is 0 Å². The molecule has 0 saturated carbocycles. The first kappa shape index (κ1) is 13.5. The first-order valence-electron chi connectivity index (χ1n) is 4.90. The van der Waals surface area contributed by atoms with E-state index in [0.29, 0.717) is 5.76 Å². The lowest BCUT2D eigenvalue weighted by atomic mass is 9.97. The molecule has 1 N–H and O–H groups in total. The molecule has 5 heteroatoms. The molecule has 90 valence electrons. The zero-order chi connectivity index (χ0) is 12.3. The van der Waals surface area contributed by atoms with Crippen LogP contribution in [0.25, 0.3) is 0 Å². The maximum atomic E-state index is 11.5. The lowest BCUT2D eigenvalue weighted by Gasteiger charge is -2.18. The van der Waals surface area contributed by atoms with Crippen LogP contribution in [-0.4, -0.2) is 17.7 Å². The predicted molar refractivity (Wildman–Crippen MR) is 66.8 cm³/mol. The highest BCUT2D eigenvalue weighted by Gasteiger charge is 2.25. The van der Waals surface area contributed by atoms with E-state index in [0.717, 1.165) is 3.57 Å². The fourth-order valence-corrected chi connectivity index (χ4v) is 1.62. The molecule has 0 amide bonds. The molecule has 1 aromatic rings.